The van der Waals surface area contributed by atoms with Crippen molar-refractivity contribution in [2.24, 2.45) is 0 Å². The van der Waals surface area contributed by atoms with Crippen LogP contribution in [0.3, 0.4) is 0 Å². The minimum absolute atomic E-state index is 0.0648. The molecule has 8 heteroatoms. The molecule has 1 unspecified atom stereocenters. The van der Waals surface area contributed by atoms with E-state index >= 15 is 4.39 Å². The zero-order chi connectivity index (χ0) is 21.4. The lowest BCUT2D eigenvalue weighted by Gasteiger charge is -2.37. The highest BCUT2D eigenvalue weighted by Gasteiger charge is 2.31. The Hall–Kier alpha value is -2.61. The monoisotopic (exact) mass is 417 g/mol. The van der Waals surface area contributed by atoms with Gasteiger partial charge in [0.1, 0.15) is 17.9 Å². The summed E-state index contributed by atoms with van der Waals surface area (Å²) in [6.45, 7) is 7.52. The summed E-state index contributed by atoms with van der Waals surface area (Å²) in [4.78, 5) is 29.8. The molecule has 0 spiro atoms. The van der Waals surface area contributed by atoms with Crippen LogP contribution in [-0.4, -0.2) is 61.9 Å². The first-order valence-corrected chi connectivity index (χ1v) is 10.6. The Labute approximate surface area is 175 Å². The Bertz CT molecular complexity index is 1030. The third-order valence-electron chi connectivity index (χ3n) is 5.91. The van der Waals surface area contributed by atoms with E-state index in [1.54, 1.807) is 6.20 Å². The molecule has 162 valence electrons. The Morgan fingerprint density at radius 3 is 2.73 bits per heavy atom. The van der Waals surface area contributed by atoms with Crippen LogP contribution in [0.1, 0.15) is 43.1 Å². The van der Waals surface area contributed by atoms with Gasteiger partial charge in [0.05, 0.1) is 23.6 Å². The molecule has 1 atom stereocenters. The Kier molecular flexibility index (Phi) is 5.69. The number of aromatic nitrogens is 1. The fourth-order valence-corrected chi connectivity index (χ4v) is 4.07. The summed E-state index contributed by atoms with van der Waals surface area (Å²) in [5.74, 6) is -0.782. The number of carbonyl (C=O) groups excluding carboxylic acids is 1. The molecule has 0 radical (unpaired) electrons. The normalized spacial score (nSPS) is 19.1. The van der Waals surface area contributed by atoms with E-state index in [0.717, 1.165) is 25.9 Å². The molecule has 0 bridgehead atoms. The van der Waals surface area contributed by atoms with E-state index in [4.69, 9.17) is 9.47 Å². The number of hydrogen-bond donors (Lipinski definition) is 0. The van der Waals surface area contributed by atoms with Crippen molar-refractivity contribution >= 4 is 22.6 Å². The maximum Gasteiger partial charge on any atom is 0.343 e. The van der Waals surface area contributed by atoms with Gasteiger partial charge in [-0.25, -0.2) is 9.18 Å². The van der Waals surface area contributed by atoms with Crippen molar-refractivity contribution in [3.05, 3.63) is 33.9 Å². The lowest BCUT2D eigenvalue weighted by atomic mass is 10.1. The summed E-state index contributed by atoms with van der Waals surface area (Å²) >= 11 is 0. The summed E-state index contributed by atoms with van der Waals surface area (Å²) in [6, 6.07) is 1.14. The Morgan fingerprint density at radius 2 is 2.03 bits per heavy atom. The number of hydrogen-bond acceptors (Lipinski definition) is 6. The van der Waals surface area contributed by atoms with Crippen molar-refractivity contribution in [2.75, 3.05) is 51.3 Å². The summed E-state index contributed by atoms with van der Waals surface area (Å²) in [5, 5.41) is 0.150. The molecule has 1 aromatic heterocycles. The van der Waals surface area contributed by atoms with Crippen LogP contribution in [0.25, 0.3) is 10.9 Å². The smallest absolute Gasteiger partial charge is 0.343 e. The van der Waals surface area contributed by atoms with Crippen molar-refractivity contribution in [3.8, 4) is 5.75 Å². The number of esters is 1. The van der Waals surface area contributed by atoms with Gasteiger partial charge >= 0.3 is 5.97 Å². The van der Waals surface area contributed by atoms with E-state index in [0.29, 0.717) is 36.6 Å². The fraction of sp³-hybridized carbons (Fsp3) is 0.545. The number of piperazine rings is 1. The van der Waals surface area contributed by atoms with Gasteiger partial charge in [-0.3, -0.25) is 4.79 Å². The molecule has 1 fully saturated rings. The molecule has 30 heavy (non-hydrogen) atoms. The predicted molar refractivity (Wildman–Crippen MR) is 113 cm³/mol. The molecular weight excluding hydrogens is 389 g/mol. The van der Waals surface area contributed by atoms with Gasteiger partial charge in [0.25, 0.3) is 0 Å². The van der Waals surface area contributed by atoms with E-state index in [1.807, 2.05) is 30.4 Å². The first-order valence-electron chi connectivity index (χ1n) is 10.6. The molecule has 2 aliphatic heterocycles. The number of nitrogens with zero attached hydrogens (tertiary/aromatic N) is 3. The van der Waals surface area contributed by atoms with Crippen LogP contribution in [0, 0.1) is 5.82 Å². The summed E-state index contributed by atoms with van der Waals surface area (Å²) in [7, 11) is 2.04. The highest BCUT2D eigenvalue weighted by molar-refractivity contribution is 5.98. The number of anilines is 1. The number of halogens is 1. The van der Waals surface area contributed by atoms with Gasteiger partial charge in [-0.15, -0.1) is 0 Å². The molecule has 0 aliphatic carbocycles. The number of benzene rings is 1. The summed E-state index contributed by atoms with van der Waals surface area (Å²) in [6.07, 6.45) is 3.15. The SMILES string of the molecule is CCCCOC(=O)c1cn2c3c(c(N4CCN(C)CC4)c(F)cc3c1=O)OCC2C. The van der Waals surface area contributed by atoms with Gasteiger partial charge < -0.3 is 23.8 Å². The fourth-order valence-electron chi connectivity index (χ4n) is 4.07. The Morgan fingerprint density at radius 1 is 1.30 bits per heavy atom. The maximum atomic E-state index is 15.3. The molecule has 2 aromatic rings. The van der Waals surface area contributed by atoms with Crippen molar-refractivity contribution in [3.63, 3.8) is 0 Å². The van der Waals surface area contributed by atoms with Crippen molar-refractivity contribution in [2.45, 2.75) is 32.7 Å². The molecule has 0 N–H and O–H groups in total. The van der Waals surface area contributed by atoms with Crippen LogP contribution in [0.2, 0.25) is 0 Å². The zero-order valence-corrected chi connectivity index (χ0v) is 17.7. The first kappa shape index (κ1) is 20.7. The van der Waals surface area contributed by atoms with Crippen LogP contribution < -0.4 is 15.1 Å². The molecule has 0 saturated carbocycles. The molecular formula is C22H28FN3O4. The van der Waals surface area contributed by atoms with Crippen LogP contribution in [0.15, 0.2) is 17.1 Å². The van der Waals surface area contributed by atoms with Crippen LogP contribution in [0.5, 0.6) is 5.75 Å². The minimum Gasteiger partial charge on any atom is -0.487 e. The number of likely N-dealkylation sites (N-methyl/N-ethyl adjacent to an activating group) is 1. The topological polar surface area (TPSA) is 64.0 Å². The number of carbonyl (C=O) groups is 1. The Balaban J connectivity index is 1.85. The van der Waals surface area contributed by atoms with E-state index < -0.39 is 17.2 Å². The average Bonchev–Trinajstić information content (AvgIpc) is 2.73. The lowest BCUT2D eigenvalue weighted by molar-refractivity contribution is 0.0497. The molecule has 0 amide bonds. The van der Waals surface area contributed by atoms with Gasteiger partial charge in [-0.1, -0.05) is 13.3 Å². The maximum absolute atomic E-state index is 15.3. The standard InChI is InChI=1S/C22H28FN3O4/c1-4-5-10-29-22(28)16-12-26-14(2)13-30-21-18(26)15(20(16)27)11-17(23)19(21)25-8-6-24(3)7-9-25/h11-12,14H,4-10,13H2,1-3H3. The quantitative estimate of drug-likeness (QED) is 0.551. The third kappa shape index (κ3) is 3.53. The molecule has 7 nitrogen and oxygen atoms in total. The number of ether oxygens (including phenoxy) is 2. The van der Waals surface area contributed by atoms with Crippen LogP contribution in [0.4, 0.5) is 10.1 Å². The molecule has 3 heterocycles. The number of unbranched alkanes of at least 4 members (excludes halogenated alkanes) is 1. The highest BCUT2D eigenvalue weighted by Crippen LogP contribution is 2.42. The average molecular weight is 417 g/mol. The van der Waals surface area contributed by atoms with Gasteiger partial charge in [-0.2, -0.15) is 0 Å². The van der Waals surface area contributed by atoms with Gasteiger partial charge in [0.15, 0.2) is 11.6 Å². The second-order valence-electron chi connectivity index (χ2n) is 8.15. The third-order valence-corrected chi connectivity index (χ3v) is 5.91. The van der Waals surface area contributed by atoms with E-state index in [9.17, 15) is 9.59 Å². The van der Waals surface area contributed by atoms with E-state index in [2.05, 4.69) is 4.90 Å². The van der Waals surface area contributed by atoms with Gasteiger partial charge in [0.2, 0.25) is 5.43 Å². The lowest BCUT2D eigenvalue weighted by Crippen LogP contribution is -2.45. The van der Waals surface area contributed by atoms with Crippen molar-refractivity contribution < 1.29 is 18.7 Å². The predicted octanol–water partition coefficient (Wildman–Crippen LogP) is 2.80. The van der Waals surface area contributed by atoms with E-state index in [1.165, 1.54) is 6.07 Å². The molecule has 1 aromatic carbocycles. The highest BCUT2D eigenvalue weighted by atomic mass is 19.1. The second-order valence-corrected chi connectivity index (χ2v) is 8.15. The number of pyridine rings is 1. The molecule has 1 saturated heterocycles. The van der Waals surface area contributed by atoms with Crippen molar-refractivity contribution in [1.82, 2.24) is 9.47 Å². The largest absolute Gasteiger partial charge is 0.487 e. The minimum atomic E-state index is -0.664. The van der Waals surface area contributed by atoms with Crippen LogP contribution in [-0.2, 0) is 4.74 Å². The van der Waals surface area contributed by atoms with Gasteiger partial charge in [0, 0.05) is 32.4 Å². The molecule has 2 aliphatic rings. The zero-order valence-electron chi connectivity index (χ0n) is 17.7. The summed E-state index contributed by atoms with van der Waals surface area (Å²) in [5.41, 5.74) is 0.351. The summed E-state index contributed by atoms with van der Waals surface area (Å²) < 4.78 is 28.3. The van der Waals surface area contributed by atoms with Crippen LogP contribution >= 0.6 is 0 Å². The van der Waals surface area contributed by atoms with Crippen molar-refractivity contribution in [1.29, 1.82) is 0 Å². The van der Waals surface area contributed by atoms with Gasteiger partial charge in [-0.05, 0) is 26.5 Å². The van der Waals surface area contributed by atoms with E-state index in [-0.39, 0.29) is 23.6 Å². The number of rotatable bonds is 5. The molecule has 4 rings (SSSR count). The first-order chi connectivity index (χ1) is 14.4. The second kappa shape index (κ2) is 8.26.